The highest BCUT2D eigenvalue weighted by atomic mass is 35.5. The van der Waals surface area contributed by atoms with Crippen LogP contribution in [0.3, 0.4) is 0 Å². The first kappa shape index (κ1) is 19.2. The average Bonchev–Trinajstić information content (AvgIpc) is 2.49. The molecule has 0 fully saturated rings. The minimum Gasteiger partial charge on any atom is -0.494 e. The van der Waals surface area contributed by atoms with E-state index in [2.05, 4.69) is 10.6 Å². The first-order valence-electron chi connectivity index (χ1n) is 6.61. The molecule has 0 bridgehead atoms. The van der Waals surface area contributed by atoms with E-state index >= 15 is 0 Å². The fourth-order valence-electron chi connectivity index (χ4n) is 1.44. The van der Waals surface area contributed by atoms with Gasteiger partial charge in [-0.15, -0.1) is 12.4 Å². The van der Waals surface area contributed by atoms with Gasteiger partial charge in [0, 0.05) is 6.54 Å². The molecule has 21 heavy (non-hydrogen) atoms. The van der Waals surface area contributed by atoms with Gasteiger partial charge in [-0.25, -0.2) is 0 Å². The largest absolute Gasteiger partial charge is 0.494 e. The molecule has 0 aliphatic rings. The molecule has 7 heteroatoms. The van der Waals surface area contributed by atoms with Gasteiger partial charge in [-0.05, 0) is 24.1 Å². The van der Waals surface area contributed by atoms with Crippen LogP contribution in [0, 0.1) is 0 Å². The number of ether oxygens (including phenoxy) is 1. The molecule has 1 rings (SSSR count). The lowest BCUT2D eigenvalue weighted by molar-refractivity contribution is -0.125. The Labute approximate surface area is 130 Å². The normalized spacial score (nSPS) is 9.43. The highest BCUT2D eigenvalue weighted by molar-refractivity contribution is 5.85. The highest BCUT2D eigenvalue weighted by Gasteiger charge is 2.03. The molecule has 1 aromatic rings. The third-order valence-corrected chi connectivity index (χ3v) is 2.52. The Morgan fingerprint density at radius 3 is 2.38 bits per heavy atom. The molecule has 0 aromatic heterocycles. The van der Waals surface area contributed by atoms with Crippen LogP contribution >= 0.6 is 12.4 Å². The second kappa shape index (κ2) is 10.9. The van der Waals surface area contributed by atoms with Gasteiger partial charge in [0.2, 0.25) is 11.8 Å². The van der Waals surface area contributed by atoms with Gasteiger partial charge in [-0.1, -0.05) is 19.1 Å². The molecule has 0 heterocycles. The quantitative estimate of drug-likeness (QED) is 0.654. The molecule has 1 aromatic carbocycles. The number of benzene rings is 1. The van der Waals surface area contributed by atoms with Crippen molar-refractivity contribution in [1.29, 1.82) is 0 Å². The lowest BCUT2D eigenvalue weighted by Crippen LogP contribution is -2.39. The minimum atomic E-state index is -0.349. The maximum absolute atomic E-state index is 11.5. The van der Waals surface area contributed by atoms with Crippen molar-refractivity contribution in [2.45, 2.75) is 19.9 Å². The Hall–Kier alpha value is -1.79. The van der Waals surface area contributed by atoms with E-state index in [0.717, 1.165) is 17.7 Å². The molecule has 2 amide bonds. The number of hydrogen-bond donors (Lipinski definition) is 3. The summed E-state index contributed by atoms with van der Waals surface area (Å²) in [5.74, 6) is 0.216. The predicted octanol–water partition coefficient (Wildman–Crippen LogP) is 0.588. The summed E-state index contributed by atoms with van der Waals surface area (Å²) in [5.41, 5.74) is 6.08. The summed E-state index contributed by atoms with van der Waals surface area (Å²) >= 11 is 0. The van der Waals surface area contributed by atoms with Crippen molar-refractivity contribution in [2.75, 3.05) is 19.7 Å². The first-order valence-corrected chi connectivity index (χ1v) is 6.61. The summed E-state index contributed by atoms with van der Waals surface area (Å²) in [6, 6.07) is 7.52. The topological polar surface area (TPSA) is 93.5 Å². The smallest absolute Gasteiger partial charge is 0.239 e. The average molecular weight is 316 g/mol. The van der Waals surface area contributed by atoms with E-state index < -0.39 is 0 Å². The zero-order valence-electron chi connectivity index (χ0n) is 12.1. The maximum atomic E-state index is 11.5. The third-order valence-electron chi connectivity index (χ3n) is 2.52. The number of carbonyl (C=O) groups excluding carboxylic acids is 2. The zero-order valence-corrected chi connectivity index (χ0v) is 12.9. The Balaban J connectivity index is 0.00000400. The van der Waals surface area contributed by atoms with Crippen molar-refractivity contribution < 1.29 is 14.3 Å². The summed E-state index contributed by atoms with van der Waals surface area (Å²) in [4.78, 5) is 22.3. The molecule has 0 radical (unpaired) electrons. The maximum Gasteiger partial charge on any atom is 0.239 e. The summed E-state index contributed by atoms with van der Waals surface area (Å²) in [5, 5.41) is 5.11. The van der Waals surface area contributed by atoms with Crippen molar-refractivity contribution in [3.63, 3.8) is 0 Å². The Morgan fingerprint density at radius 2 is 1.81 bits per heavy atom. The van der Waals surface area contributed by atoms with Gasteiger partial charge in [0.15, 0.2) is 0 Å². The van der Waals surface area contributed by atoms with E-state index in [4.69, 9.17) is 10.5 Å². The minimum absolute atomic E-state index is 0. The van der Waals surface area contributed by atoms with Gasteiger partial charge in [-0.2, -0.15) is 0 Å². The standard InChI is InChI=1S/C14H21N3O3.ClH/c1-2-7-20-12-5-3-11(4-6-12)9-16-14(19)10-17-13(18)8-15;/h3-6H,2,7-10,15H2,1H3,(H,16,19)(H,17,18);1H. The molecule has 0 aliphatic carbocycles. The van der Waals surface area contributed by atoms with E-state index in [0.29, 0.717) is 13.2 Å². The Morgan fingerprint density at radius 1 is 1.14 bits per heavy atom. The second-order valence-electron chi connectivity index (χ2n) is 4.25. The molecular weight excluding hydrogens is 294 g/mol. The van der Waals surface area contributed by atoms with Gasteiger partial charge in [0.05, 0.1) is 19.7 Å². The fourth-order valence-corrected chi connectivity index (χ4v) is 1.44. The van der Waals surface area contributed by atoms with Crippen molar-refractivity contribution in [3.8, 4) is 5.75 Å². The SMILES string of the molecule is CCCOc1ccc(CNC(=O)CNC(=O)CN)cc1.Cl. The van der Waals surface area contributed by atoms with E-state index in [1.165, 1.54) is 0 Å². The monoisotopic (exact) mass is 315 g/mol. The fraction of sp³-hybridized carbons (Fsp3) is 0.429. The number of halogens is 1. The molecule has 6 nitrogen and oxygen atoms in total. The van der Waals surface area contributed by atoms with Gasteiger partial charge >= 0.3 is 0 Å². The van der Waals surface area contributed by atoms with Gasteiger partial charge in [0.25, 0.3) is 0 Å². The summed E-state index contributed by atoms with van der Waals surface area (Å²) in [6.45, 7) is 2.97. The molecule has 0 saturated carbocycles. The van der Waals surface area contributed by atoms with Crippen molar-refractivity contribution in [1.82, 2.24) is 10.6 Å². The number of rotatable bonds is 8. The molecule has 0 saturated heterocycles. The summed E-state index contributed by atoms with van der Waals surface area (Å²) in [6.07, 6.45) is 0.965. The number of nitrogens with one attached hydrogen (secondary N) is 2. The van der Waals surface area contributed by atoms with Crippen LogP contribution in [0.4, 0.5) is 0 Å². The van der Waals surface area contributed by atoms with Crippen molar-refractivity contribution >= 4 is 24.2 Å². The number of nitrogens with two attached hydrogens (primary N) is 1. The number of carbonyl (C=O) groups is 2. The van der Waals surface area contributed by atoms with Crippen LogP contribution in [0.15, 0.2) is 24.3 Å². The van der Waals surface area contributed by atoms with E-state index in [1.54, 1.807) is 0 Å². The molecule has 0 atom stereocenters. The second-order valence-corrected chi connectivity index (χ2v) is 4.25. The molecule has 118 valence electrons. The van der Waals surface area contributed by atoms with Crippen LogP contribution in [-0.2, 0) is 16.1 Å². The highest BCUT2D eigenvalue weighted by Crippen LogP contribution is 2.12. The van der Waals surface area contributed by atoms with Crippen LogP contribution in [-0.4, -0.2) is 31.5 Å². The van der Waals surface area contributed by atoms with Gasteiger partial charge in [0.1, 0.15) is 5.75 Å². The van der Waals surface area contributed by atoms with E-state index in [9.17, 15) is 9.59 Å². The lowest BCUT2D eigenvalue weighted by atomic mass is 10.2. The molecule has 0 spiro atoms. The van der Waals surface area contributed by atoms with Crippen molar-refractivity contribution in [3.05, 3.63) is 29.8 Å². The van der Waals surface area contributed by atoms with E-state index in [-0.39, 0.29) is 37.3 Å². The number of amides is 2. The van der Waals surface area contributed by atoms with E-state index in [1.807, 2.05) is 31.2 Å². The molecular formula is C14H22ClN3O3. The van der Waals surface area contributed by atoms with Gasteiger partial charge in [-0.3, -0.25) is 9.59 Å². The number of hydrogen-bond acceptors (Lipinski definition) is 4. The Kier molecular flexibility index (Phi) is 10.0. The molecule has 0 aliphatic heterocycles. The van der Waals surface area contributed by atoms with Crippen LogP contribution in [0.25, 0.3) is 0 Å². The zero-order chi connectivity index (χ0) is 14.8. The van der Waals surface area contributed by atoms with Crippen LogP contribution in [0.5, 0.6) is 5.75 Å². The third kappa shape index (κ3) is 8.16. The predicted molar refractivity (Wildman–Crippen MR) is 83.4 cm³/mol. The van der Waals surface area contributed by atoms with Crippen molar-refractivity contribution in [2.24, 2.45) is 5.73 Å². The van der Waals surface area contributed by atoms with Crippen LogP contribution < -0.4 is 21.1 Å². The molecule has 4 N–H and O–H groups in total. The van der Waals surface area contributed by atoms with Gasteiger partial charge < -0.3 is 21.1 Å². The van der Waals surface area contributed by atoms with Crippen LogP contribution in [0.2, 0.25) is 0 Å². The van der Waals surface area contributed by atoms with Crippen LogP contribution in [0.1, 0.15) is 18.9 Å². The summed E-state index contributed by atoms with van der Waals surface area (Å²) in [7, 11) is 0. The Bertz CT molecular complexity index is 438. The first-order chi connectivity index (χ1) is 9.65. The summed E-state index contributed by atoms with van der Waals surface area (Å²) < 4.78 is 5.47. The lowest BCUT2D eigenvalue weighted by Gasteiger charge is -2.08. The molecule has 0 unspecified atom stereocenters.